The lowest BCUT2D eigenvalue weighted by molar-refractivity contribution is -0.124. The maximum atomic E-state index is 11.7. The summed E-state index contributed by atoms with van der Waals surface area (Å²) in [6, 6.07) is 5.59. The highest BCUT2D eigenvalue weighted by molar-refractivity contribution is 5.97. The maximum Gasteiger partial charge on any atom is 0.266 e. The predicted octanol–water partition coefficient (Wildman–Crippen LogP) is 0.664. The van der Waals surface area contributed by atoms with E-state index in [9.17, 15) is 9.59 Å². The van der Waals surface area contributed by atoms with Gasteiger partial charge >= 0.3 is 0 Å². The Morgan fingerprint density at radius 1 is 1.29 bits per heavy atom. The van der Waals surface area contributed by atoms with E-state index in [0.717, 1.165) is 5.56 Å². The minimum Gasteiger partial charge on any atom is -0.508 e. The molecule has 1 atom stereocenters. The Balaban J connectivity index is 0.00000191. The van der Waals surface area contributed by atoms with Gasteiger partial charge in [0.2, 0.25) is 5.91 Å². The highest BCUT2D eigenvalue weighted by atomic mass is 16.3. The molecule has 0 aromatic heterocycles. The van der Waals surface area contributed by atoms with Gasteiger partial charge < -0.3 is 21.5 Å². The number of phenols is 1. The molecule has 116 valence electrons. The molecule has 0 spiro atoms. The van der Waals surface area contributed by atoms with Gasteiger partial charge in [-0.1, -0.05) is 32.6 Å². The molecule has 5 N–H and O–H groups in total. The van der Waals surface area contributed by atoms with Crippen molar-refractivity contribution in [2.45, 2.75) is 26.3 Å². The van der Waals surface area contributed by atoms with Crippen LogP contribution in [0.3, 0.4) is 0 Å². The van der Waals surface area contributed by atoms with Crippen molar-refractivity contribution >= 4 is 11.8 Å². The Kier molecular flexibility index (Phi) is 8.48. The summed E-state index contributed by atoms with van der Waals surface area (Å²) in [5.41, 5.74) is 6.49. The minimum absolute atomic E-state index is 0.0475. The molecule has 0 aliphatic heterocycles. The predicted molar refractivity (Wildman–Crippen MR) is 82.5 cm³/mol. The number of aromatic hydroxyl groups is 1. The molecule has 21 heavy (non-hydrogen) atoms. The fourth-order valence-electron chi connectivity index (χ4n) is 1.43. The van der Waals surface area contributed by atoms with E-state index in [1.165, 1.54) is 19.2 Å². The van der Waals surface area contributed by atoms with E-state index in [-0.39, 0.29) is 11.4 Å². The number of rotatable bonds is 5. The molecule has 0 saturated heterocycles. The third-order valence-electron chi connectivity index (χ3n) is 2.50. The summed E-state index contributed by atoms with van der Waals surface area (Å²) < 4.78 is 0. The van der Waals surface area contributed by atoms with E-state index in [2.05, 4.69) is 17.2 Å². The van der Waals surface area contributed by atoms with Crippen molar-refractivity contribution in [2.75, 3.05) is 7.05 Å². The van der Waals surface area contributed by atoms with Crippen LogP contribution in [0.25, 0.3) is 0 Å². The van der Waals surface area contributed by atoms with Crippen molar-refractivity contribution < 1.29 is 14.7 Å². The Hall–Kier alpha value is -2.34. The fraction of sp³-hybridized carbons (Fsp3) is 0.333. The first-order valence-corrected chi connectivity index (χ1v) is 6.69. The lowest BCUT2D eigenvalue weighted by Crippen LogP contribution is -2.43. The van der Waals surface area contributed by atoms with E-state index in [1.807, 2.05) is 13.8 Å². The molecule has 1 rings (SSSR count). The number of hydrogen-bond acceptors (Lipinski definition) is 4. The first-order valence-electron chi connectivity index (χ1n) is 6.69. The zero-order valence-corrected chi connectivity index (χ0v) is 12.6. The van der Waals surface area contributed by atoms with Gasteiger partial charge in [-0.3, -0.25) is 9.59 Å². The molecule has 0 bridgehead atoms. The number of likely N-dealkylation sites (N-methyl/N-ethyl adjacent to an activating group) is 1. The molecule has 0 radical (unpaired) electrons. The summed E-state index contributed by atoms with van der Waals surface area (Å²) >= 11 is 0. The molecule has 0 heterocycles. The van der Waals surface area contributed by atoms with Crippen molar-refractivity contribution in [3.05, 3.63) is 42.1 Å². The maximum absolute atomic E-state index is 11.7. The molecule has 0 unspecified atom stereocenters. The van der Waals surface area contributed by atoms with Crippen molar-refractivity contribution in [1.82, 2.24) is 10.6 Å². The van der Waals surface area contributed by atoms with Crippen LogP contribution in [0, 0.1) is 0 Å². The Morgan fingerprint density at radius 3 is 2.29 bits per heavy atom. The fourth-order valence-corrected chi connectivity index (χ4v) is 1.43. The molecule has 0 fully saturated rings. The summed E-state index contributed by atoms with van der Waals surface area (Å²) in [4.78, 5) is 22.9. The van der Waals surface area contributed by atoms with Crippen molar-refractivity contribution in [1.29, 1.82) is 0 Å². The van der Waals surface area contributed by atoms with Gasteiger partial charge in [-0.2, -0.15) is 0 Å². The van der Waals surface area contributed by atoms with Crippen LogP contribution in [0.2, 0.25) is 0 Å². The van der Waals surface area contributed by atoms with E-state index < -0.39 is 17.9 Å². The van der Waals surface area contributed by atoms with Crippen LogP contribution >= 0.6 is 0 Å². The lowest BCUT2D eigenvalue weighted by Gasteiger charge is -2.13. The van der Waals surface area contributed by atoms with E-state index in [4.69, 9.17) is 10.8 Å². The van der Waals surface area contributed by atoms with E-state index >= 15 is 0 Å². The SMILES string of the molecule is C=C(NC(=O)[C@@H](N)Cc1ccc(O)cc1)C(=O)NC.CC. The van der Waals surface area contributed by atoms with Gasteiger partial charge in [-0.25, -0.2) is 0 Å². The van der Waals surface area contributed by atoms with Gasteiger partial charge in [0, 0.05) is 7.05 Å². The van der Waals surface area contributed by atoms with Crippen LogP contribution in [0.1, 0.15) is 19.4 Å². The van der Waals surface area contributed by atoms with Crippen LogP contribution in [-0.4, -0.2) is 30.0 Å². The first-order chi connectivity index (χ1) is 9.93. The third kappa shape index (κ3) is 6.58. The zero-order chi connectivity index (χ0) is 16.4. The average Bonchev–Trinajstić information content (AvgIpc) is 2.50. The normalized spacial score (nSPS) is 10.7. The topological polar surface area (TPSA) is 104 Å². The Morgan fingerprint density at radius 2 is 1.81 bits per heavy atom. The van der Waals surface area contributed by atoms with Crippen LogP contribution in [0.15, 0.2) is 36.5 Å². The largest absolute Gasteiger partial charge is 0.508 e. The smallest absolute Gasteiger partial charge is 0.266 e. The van der Waals surface area contributed by atoms with E-state index in [1.54, 1.807) is 12.1 Å². The van der Waals surface area contributed by atoms with E-state index in [0.29, 0.717) is 6.42 Å². The molecule has 0 saturated carbocycles. The number of nitrogens with one attached hydrogen (secondary N) is 2. The van der Waals surface area contributed by atoms with Gasteiger partial charge in [-0.15, -0.1) is 0 Å². The second kappa shape index (κ2) is 9.55. The molecule has 2 amide bonds. The third-order valence-corrected chi connectivity index (χ3v) is 2.50. The molecule has 1 aromatic rings. The molecule has 0 aliphatic carbocycles. The van der Waals surface area contributed by atoms with Crippen molar-refractivity contribution in [3.63, 3.8) is 0 Å². The second-order valence-corrected chi connectivity index (χ2v) is 4.02. The highest BCUT2D eigenvalue weighted by Crippen LogP contribution is 2.10. The number of nitrogens with two attached hydrogens (primary N) is 1. The van der Waals surface area contributed by atoms with Gasteiger partial charge in [0.05, 0.1) is 11.7 Å². The van der Waals surface area contributed by atoms with Gasteiger partial charge in [0.25, 0.3) is 5.91 Å². The summed E-state index contributed by atoms with van der Waals surface area (Å²) in [7, 11) is 1.44. The number of amides is 2. The summed E-state index contributed by atoms with van der Waals surface area (Å²) in [5, 5.41) is 13.8. The molecular formula is C15H23N3O3. The van der Waals surface area contributed by atoms with Crippen LogP contribution in [0.4, 0.5) is 0 Å². The second-order valence-electron chi connectivity index (χ2n) is 4.02. The zero-order valence-electron chi connectivity index (χ0n) is 12.6. The number of phenolic OH excluding ortho intramolecular Hbond substituents is 1. The number of benzene rings is 1. The summed E-state index contributed by atoms with van der Waals surface area (Å²) in [6.45, 7) is 7.43. The molecule has 0 aliphatic rings. The summed E-state index contributed by atoms with van der Waals surface area (Å²) in [6.07, 6.45) is 0.299. The van der Waals surface area contributed by atoms with Crippen molar-refractivity contribution in [3.8, 4) is 5.75 Å². The van der Waals surface area contributed by atoms with Gasteiger partial charge in [0.15, 0.2) is 0 Å². The van der Waals surface area contributed by atoms with Crippen LogP contribution in [0.5, 0.6) is 5.75 Å². The van der Waals surface area contributed by atoms with Crippen LogP contribution in [-0.2, 0) is 16.0 Å². The molecule has 6 nitrogen and oxygen atoms in total. The summed E-state index contributed by atoms with van der Waals surface area (Å²) in [5.74, 6) is -0.804. The first kappa shape index (κ1) is 18.7. The van der Waals surface area contributed by atoms with Gasteiger partial charge in [0.1, 0.15) is 5.75 Å². The average molecular weight is 293 g/mol. The Bertz CT molecular complexity index is 483. The molecule has 6 heteroatoms. The number of hydrogen-bond donors (Lipinski definition) is 4. The number of carbonyl (C=O) groups excluding carboxylic acids is 2. The minimum atomic E-state index is -0.800. The molecular weight excluding hydrogens is 270 g/mol. The van der Waals surface area contributed by atoms with Crippen LogP contribution < -0.4 is 16.4 Å². The monoisotopic (exact) mass is 293 g/mol. The lowest BCUT2D eigenvalue weighted by atomic mass is 10.1. The van der Waals surface area contributed by atoms with Gasteiger partial charge in [-0.05, 0) is 24.1 Å². The standard InChI is InChI=1S/C13H17N3O3.C2H6/c1-8(12(18)15-2)16-13(19)11(14)7-9-3-5-10(17)6-4-9;1-2/h3-6,11,17H,1,7,14H2,2H3,(H,15,18)(H,16,19);1-2H3/t11-;/m0./s1. The number of carbonyl (C=O) groups is 2. The Labute approximate surface area is 125 Å². The van der Waals surface area contributed by atoms with Crippen molar-refractivity contribution in [2.24, 2.45) is 5.73 Å². The quantitative estimate of drug-likeness (QED) is 0.599. The molecule has 1 aromatic carbocycles. The highest BCUT2D eigenvalue weighted by Gasteiger charge is 2.16.